The van der Waals surface area contributed by atoms with Crippen LogP contribution in [-0.4, -0.2) is 23.0 Å². The zero-order valence-electron chi connectivity index (χ0n) is 11.3. The molecule has 0 aliphatic heterocycles. The molecule has 2 N–H and O–H groups in total. The third kappa shape index (κ3) is 3.33. The van der Waals surface area contributed by atoms with Crippen LogP contribution >= 0.6 is 0 Å². The summed E-state index contributed by atoms with van der Waals surface area (Å²) in [5, 5.41) is 17.2. The molecular weight excluding hydrogens is 244 g/mol. The lowest BCUT2D eigenvalue weighted by atomic mass is 9.87. The Morgan fingerprint density at radius 1 is 1.32 bits per heavy atom. The molecule has 0 aromatic carbocycles. The lowest BCUT2D eigenvalue weighted by Gasteiger charge is -2.27. The summed E-state index contributed by atoms with van der Waals surface area (Å²) in [6, 6.07) is 3.40. The summed E-state index contributed by atoms with van der Waals surface area (Å²) in [4.78, 5) is 14.9. The fourth-order valence-corrected chi connectivity index (χ4v) is 2.44. The summed E-state index contributed by atoms with van der Waals surface area (Å²) in [7, 11) is 1.75. The maximum atomic E-state index is 11.0. The average Bonchev–Trinajstić information content (AvgIpc) is 2.41. The van der Waals surface area contributed by atoms with Gasteiger partial charge in [-0.15, -0.1) is 0 Å². The van der Waals surface area contributed by atoms with Gasteiger partial charge in [-0.25, -0.2) is 4.98 Å². The van der Waals surface area contributed by atoms with Crippen molar-refractivity contribution >= 4 is 17.3 Å². The van der Waals surface area contributed by atoms with Crippen molar-refractivity contribution in [3.63, 3.8) is 0 Å². The van der Waals surface area contributed by atoms with Crippen LogP contribution in [0.5, 0.6) is 0 Å². The standard InChI is InChI=1S/C13H20N4O2/c1-9-3-5-10(6-4-9)15-13-11(17(18)19)7-8-12(14-2)16-13/h7-10H,3-6H2,1-2H3,(H2,14,15,16). The first kappa shape index (κ1) is 13.6. The predicted molar refractivity (Wildman–Crippen MR) is 75.5 cm³/mol. The van der Waals surface area contributed by atoms with Crippen LogP contribution in [-0.2, 0) is 0 Å². The van der Waals surface area contributed by atoms with Crippen molar-refractivity contribution in [2.24, 2.45) is 5.92 Å². The molecular formula is C13H20N4O2. The number of nitrogens with one attached hydrogen (secondary N) is 2. The minimum atomic E-state index is -0.389. The second-order valence-electron chi connectivity index (χ2n) is 5.17. The zero-order chi connectivity index (χ0) is 13.8. The molecule has 0 spiro atoms. The van der Waals surface area contributed by atoms with E-state index in [-0.39, 0.29) is 16.7 Å². The van der Waals surface area contributed by atoms with E-state index in [2.05, 4.69) is 22.5 Å². The van der Waals surface area contributed by atoms with Crippen molar-refractivity contribution in [2.75, 3.05) is 17.7 Å². The van der Waals surface area contributed by atoms with Gasteiger partial charge in [0.1, 0.15) is 5.82 Å². The van der Waals surface area contributed by atoms with Gasteiger partial charge in [-0.2, -0.15) is 0 Å². The summed E-state index contributed by atoms with van der Waals surface area (Å²) in [5.41, 5.74) is 0.0395. The molecule has 0 atom stereocenters. The highest BCUT2D eigenvalue weighted by atomic mass is 16.6. The van der Waals surface area contributed by atoms with Gasteiger partial charge < -0.3 is 10.6 Å². The Labute approximate surface area is 112 Å². The number of nitrogens with zero attached hydrogens (tertiary/aromatic N) is 2. The van der Waals surface area contributed by atoms with Crippen LogP contribution in [0.2, 0.25) is 0 Å². The molecule has 1 aromatic rings. The molecule has 6 nitrogen and oxygen atoms in total. The van der Waals surface area contributed by atoms with Gasteiger partial charge in [0.05, 0.1) is 4.92 Å². The lowest BCUT2D eigenvalue weighted by Crippen LogP contribution is -2.26. The van der Waals surface area contributed by atoms with Gasteiger partial charge in [-0.05, 0) is 37.7 Å². The third-order valence-electron chi connectivity index (χ3n) is 3.68. The molecule has 6 heteroatoms. The van der Waals surface area contributed by atoms with E-state index < -0.39 is 0 Å². The molecule has 0 unspecified atom stereocenters. The Morgan fingerprint density at radius 3 is 2.58 bits per heavy atom. The first-order valence-corrected chi connectivity index (χ1v) is 6.70. The van der Waals surface area contributed by atoms with Crippen molar-refractivity contribution < 1.29 is 4.92 Å². The highest BCUT2D eigenvalue weighted by Gasteiger charge is 2.22. The highest BCUT2D eigenvalue weighted by molar-refractivity contribution is 5.60. The summed E-state index contributed by atoms with van der Waals surface area (Å²) in [5.74, 6) is 1.76. The van der Waals surface area contributed by atoms with Crippen LogP contribution in [0, 0.1) is 16.0 Å². The third-order valence-corrected chi connectivity index (χ3v) is 3.68. The number of pyridine rings is 1. The predicted octanol–water partition coefficient (Wildman–Crippen LogP) is 3.02. The van der Waals surface area contributed by atoms with Gasteiger partial charge in [0.15, 0.2) is 0 Å². The van der Waals surface area contributed by atoms with Gasteiger partial charge >= 0.3 is 5.69 Å². The fourth-order valence-electron chi connectivity index (χ4n) is 2.44. The second kappa shape index (κ2) is 5.86. The molecule has 1 aliphatic rings. The lowest BCUT2D eigenvalue weighted by molar-refractivity contribution is -0.384. The number of hydrogen-bond acceptors (Lipinski definition) is 5. The Bertz CT molecular complexity index is 456. The van der Waals surface area contributed by atoms with Crippen LogP contribution in [0.3, 0.4) is 0 Å². The van der Waals surface area contributed by atoms with Crippen molar-refractivity contribution in [1.82, 2.24) is 4.98 Å². The molecule has 0 amide bonds. The van der Waals surface area contributed by atoms with E-state index in [1.165, 1.54) is 6.07 Å². The Kier molecular flexibility index (Phi) is 4.19. The molecule has 1 saturated carbocycles. The molecule has 19 heavy (non-hydrogen) atoms. The van der Waals surface area contributed by atoms with E-state index in [1.54, 1.807) is 13.1 Å². The SMILES string of the molecule is CNc1ccc([N+](=O)[O-])c(NC2CCC(C)CC2)n1. The summed E-state index contributed by atoms with van der Waals surface area (Å²) < 4.78 is 0. The van der Waals surface area contributed by atoms with Crippen LogP contribution in [0.25, 0.3) is 0 Å². The maximum Gasteiger partial charge on any atom is 0.311 e. The Balaban J connectivity index is 2.15. The van der Waals surface area contributed by atoms with Gasteiger partial charge in [-0.3, -0.25) is 10.1 Å². The molecule has 1 fully saturated rings. The minimum absolute atomic E-state index is 0.0395. The van der Waals surface area contributed by atoms with E-state index in [1.807, 2.05) is 0 Å². The quantitative estimate of drug-likeness (QED) is 0.645. The number of aromatic nitrogens is 1. The molecule has 1 heterocycles. The van der Waals surface area contributed by atoms with Gasteiger partial charge in [0, 0.05) is 19.2 Å². The largest absolute Gasteiger partial charge is 0.373 e. The molecule has 1 aliphatic carbocycles. The normalized spacial score (nSPS) is 22.8. The fraction of sp³-hybridized carbons (Fsp3) is 0.615. The second-order valence-corrected chi connectivity index (χ2v) is 5.17. The molecule has 0 saturated heterocycles. The van der Waals surface area contributed by atoms with E-state index in [0.29, 0.717) is 11.6 Å². The van der Waals surface area contributed by atoms with Gasteiger partial charge in [0.25, 0.3) is 0 Å². The topological polar surface area (TPSA) is 80.1 Å². The molecule has 0 radical (unpaired) electrons. The maximum absolute atomic E-state index is 11.0. The Hall–Kier alpha value is -1.85. The van der Waals surface area contributed by atoms with Crippen LogP contribution in [0.15, 0.2) is 12.1 Å². The van der Waals surface area contributed by atoms with E-state index >= 15 is 0 Å². The first-order chi connectivity index (χ1) is 9.10. The first-order valence-electron chi connectivity index (χ1n) is 6.70. The van der Waals surface area contributed by atoms with E-state index in [4.69, 9.17) is 0 Å². The molecule has 104 valence electrons. The van der Waals surface area contributed by atoms with Crippen LogP contribution in [0.4, 0.5) is 17.3 Å². The zero-order valence-corrected chi connectivity index (χ0v) is 11.3. The van der Waals surface area contributed by atoms with E-state index in [0.717, 1.165) is 31.6 Å². The van der Waals surface area contributed by atoms with E-state index in [9.17, 15) is 10.1 Å². The number of hydrogen-bond donors (Lipinski definition) is 2. The number of nitro groups is 1. The summed E-state index contributed by atoms with van der Waals surface area (Å²) in [6.07, 6.45) is 4.42. The van der Waals surface area contributed by atoms with Crippen LogP contribution in [0.1, 0.15) is 32.6 Å². The van der Waals surface area contributed by atoms with Gasteiger partial charge in [0.2, 0.25) is 5.82 Å². The molecule has 2 rings (SSSR count). The molecule has 0 bridgehead atoms. The Morgan fingerprint density at radius 2 is 2.00 bits per heavy atom. The number of rotatable bonds is 4. The monoisotopic (exact) mass is 264 g/mol. The molecule has 1 aromatic heterocycles. The van der Waals surface area contributed by atoms with Crippen molar-refractivity contribution in [3.05, 3.63) is 22.2 Å². The average molecular weight is 264 g/mol. The van der Waals surface area contributed by atoms with Crippen molar-refractivity contribution in [3.8, 4) is 0 Å². The summed E-state index contributed by atoms with van der Waals surface area (Å²) in [6.45, 7) is 2.25. The van der Waals surface area contributed by atoms with Gasteiger partial charge in [-0.1, -0.05) is 6.92 Å². The van der Waals surface area contributed by atoms with Crippen LogP contribution < -0.4 is 10.6 Å². The minimum Gasteiger partial charge on any atom is -0.373 e. The van der Waals surface area contributed by atoms with Crippen molar-refractivity contribution in [1.29, 1.82) is 0 Å². The van der Waals surface area contributed by atoms with Crippen molar-refractivity contribution in [2.45, 2.75) is 38.6 Å². The smallest absolute Gasteiger partial charge is 0.311 e. The summed E-state index contributed by atoms with van der Waals surface area (Å²) >= 11 is 0. The highest BCUT2D eigenvalue weighted by Crippen LogP contribution is 2.29. The number of anilines is 2.